The highest BCUT2D eigenvalue weighted by Crippen LogP contribution is 2.38. The first-order valence-electron chi connectivity index (χ1n) is 10.4. The molecule has 9 heteroatoms. The molecule has 2 aromatic carbocycles. The molecule has 1 atom stereocenters. The molecule has 1 saturated carbocycles. The van der Waals surface area contributed by atoms with Crippen LogP contribution in [0.4, 0.5) is 13.2 Å². The van der Waals surface area contributed by atoms with Crippen LogP contribution in [0.3, 0.4) is 0 Å². The number of nitrogens with one attached hydrogen (secondary N) is 1. The molecule has 0 spiro atoms. The summed E-state index contributed by atoms with van der Waals surface area (Å²) in [6.07, 6.45) is -2.34. The SMILES string of the molecule is CC(=O)N[C@@H](C)COc1ccc(-n2nc3cc(OCC4CC4)ccc3c2C(F)(F)F)cc1. The third-order valence-electron chi connectivity index (χ3n) is 5.13. The Morgan fingerprint density at radius 2 is 1.84 bits per heavy atom. The van der Waals surface area contributed by atoms with Gasteiger partial charge in [0.2, 0.25) is 5.91 Å². The van der Waals surface area contributed by atoms with Gasteiger partial charge in [-0.2, -0.15) is 18.3 Å². The number of alkyl halides is 3. The van der Waals surface area contributed by atoms with E-state index in [0.29, 0.717) is 24.0 Å². The van der Waals surface area contributed by atoms with Gasteiger partial charge in [0.1, 0.15) is 18.1 Å². The van der Waals surface area contributed by atoms with Crippen LogP contribution in [-0.2, 0) is 11.0 Å². The van der Waals surface area contributed by atoms with Crippen LogP contribution in [0.5, 0.6) is 11.5 Å². The maximum atomic E-state index is 13.9. The zero-order valence-corrected chi connectivity index (χ0v) is 17.8. The fraction of sp³-hybridized carbons (Fsp3) is 0.391. The third kappa shape index (κ3) is 5.15. The second-order valence-corrected chi connectivity index (χ2v) is 8.10. The van der Waals surface area contributed by atoms with Crippen molar-refractivity contribution >= 4 is 16.8 Å². The van der Waals surface area contributed by atoms with Gasteiger partial charge in [-0.25, -0.2) is 4.68 Å². The topological polar surface area (TPSA) is 65.4 Å². The van der Waals surface area contributed by atoms with Crippen molar-refractivity contribution in [2.24, 2.45) is 5.92 Å². The molecule has 6 nitrogen and oxygen atoms in total. The Hall–Kier alpha value is -3.23. The Kier molecular flexibility index (Phi) is 5.99. The average Bonchev–Trinajstić information content (AvgIpc) is 3.47. The van der Waals surface area contributed by atoms with Crippen LogP contribution in [-0.4, -0.2) is 34.9 Å². The minimum absolute atomic E-state index is 0.0146. The fourth-order valence-electron chi connectivity index (χ4n) is 3.41. The number of fused-ring (bicyclic) bond motifs is 1. The van der Waals surface area contributed by atoms with E-state index in [9.17, 15) is 18.0 Å². The molecule has 1 heterocycles. The summed E-state index contributed by atoms with van der Waals surface area (Å²) in [5.74, 6) is 1.37. The van der Waals surface area contributed by atoms with Crippen molar-refractivity contribution in [3.63, 3.8) is 0 Å². The number of hydrogen-bond acceptors (Lipinski definition) is 4. The molecule has 0 aliphatic heterocycles. The van der Waals surface area contributed by atoms with Crippen molar-refractivity contribution in [2.75, 3.05) is 13.2 Å². The van der Waals surface area contributed by atoms with Crippen molar-refractivity contribution < 1.29 is 27.4 Å². The van der Waals surface area contributed by atoms with Gasteiger partial charge in [-0.3, -0.25) is 4.79 Å². The second-order valence-electron chi connectivity index (χ2n) is 8.10. The number of nitrogens with zero attached hydrogens (tertiary/aromatic N) is 2. The predicted molar refractivity (Wildman–Crippen MR) is 113 cm³/mol. The molecule has 0 unspecified atom stereocenters. The summed E-state index contributed by atoms with van der Waals surface area (Å²) in [5, 5.41) is 6.93. The van der Waals surface area contributed by atoms with Crippen molar-refractivity contribution in [1.82, 2.24) is 15.1 Å². The van der Waals surface area contributed by atoms with E-state index in [1.807, 2.05) is 0 Å². The van der Waals surface area contributed by atoms with Crippen LogP contribution in [0.25, 0.3) is 16.6 Å². The number of benzene rings is 2. The highest BCUT2D eigenvalue weighted by molar-refractivity contribution is 5.84. The summed E-state index contributed by atoms with van der Waals surface area (Å²) in [7, 11) is 0. The number of carbonyl (C=O) groups excluding carboxylic acids is 1. The van der Waals surface area contributed by atoms with Gasteiger partial charge < -0.3 is 14.8 Å². The van der Waals surface area contributed by atoms with Crippen molar-refractivity contribution in [1.29, 1.82) is 0 Å². The third-order valence-corrected chi connectivity index (χ3v) is 5.13. The van der Waals surface area contributed by atoms with Gasteiger partial charge in [-0.05, 0) is 62.1 Å². The highest BCUT2D eigenvalue weighted by Gasteiger charge is 2.38. The number of hydrogen-bond donors (Lipinski definition) is 1. The summed E-state index contributed by atoms with van der Waals surface area (Å²) in [6, 6.07) is 10.5. The Balaban J connectivity index is 1.58. The van der Waals surface area contributed by atoms with E-state index in [2.05, 4.69) is 10.4 Å². The smallest absolute Gasteiger partial charge is 0.434 e. The number of carbonyl (C=O) groups is 1. The van der Waals surface area contributed by atoms with Crippen LogP contribution < -0.4 is 14.8 Å². The summed E-state index contributed by atoms with van der Waals surface area (Å²) in [5.41, 5.74) is -0.361. The first-order valence-corrected chi connectivity index (χ1v) is 10.4. The molecular formula is C23H24F3N3O3. The number of rotatable bonds is 8. The van der Waals surface area contributed by atoms with E-state index in [1.165, 1.54) is 25.1 Å². The molecule has 0 radical (unpaired) electrons. The lowest BCUT2D eigenvalue weighted by molar-refractivity contribution is -0.141. The average molecular weight is 447 g/mol. The van der Waals surface area contributed by atoms with E-state index in [4.69, 9.17) is 9.47 Å². The molecule has 1 aromatic heterocycles. The predicted octanol–water partition coefficient (Wildman–Crippen LogP) is 4.74. The van der Waals surface area contributed by atoms with E-state index >= 15 is 0 Å². The Morgan fingerprint density at radius 1 is 1.16 bits per heavy atom. The Bertz CT molecular complexity index is 1110. The zero-order valence-electron chi connectivity index (χ0n) is 17.8. The molecule has 4 rings (SSSR count). The van der Waals surface area contributed by atoms with Gasteiger partial charge in [0.15, 0.2) is 5.69 Å². The number of ether oxygens (including phenoxy) is 2. The number of aromatic nitrogens is 2. The Labute approximate surface area is 183 Å². The van der Waals surface area contributed by atoms with Gasteiger partial charge in [-0.15, -0.1) is 0 Å². The molecular weight excluding hydrogens is 423 g/mol. The minimum Gasteiger partial charge on any atom is -0.493 e. The normalized spacial score (nSPS) is 14.9. The lowest BCUT2D eigenvalue weighted by Crippen LogP contribution is -2.35. The molecule has 3 aromatic rings. The molecule has 170 valence electrons. The van der Waals surface area contributed by atoms with Crippen molar-refractivity contribution in [2.45, 2.75) is 38.9 Å². The highest BCUT2D eigenvalue weighted by atomic mass is 19.4. The molecule has 32 heavy (non-hydrogen) atoms. The lowest BCUT2D eigenvalue weighted by Gasteiger charge is -2.14. The van der Waals surface area contributed by atoms with Crippen LogP contribution in [0, 0.1) is 5.92 Å². The molecule has 1 amide bonds. The maximum absolute atomic E-state index is 13.9. The summed E-state index contributed by atoms with van der Waals surface area (Å²) in [4.78, 5) is 11.1. The monoisotopic (exact) mass is 447 g/mol. The molecule has 1 aliphatic rings. The second kappa shape index (κ2) is 8.72. The van der Waals surface area contributed by atoms with Gasteiger partial charge in [0.05, 0.1) is 23.9 Å². The van der Waals surface area contributed by atoms with E-state index in [1.54, 1.807) is 31.2 Å². The zero-order chi connectivity index (χ0) is 22.9. The Morgan fingerprint density at radius 3 is 2.47 bits per heavy atom. The number of amides is 1. The van der Waals surface area contributed by atoms with E-state index in [0.717, 1.165) is 17.5 Å². The fourth-order valence-corrected chi connectivity index (χ4v) is 3.41. The molecule has 1 N–H and O–H groups in total. The molecule has 0 saturated heterocycles. The van der Waals surface area contributed by atoms with Crippen LogP contribution in [0.15, 0.2) is 42.5 Å². The van der Waals surface area contributed by atoms with Crippen molar-refractivity contribution in [3.8, 4) is 17.2 Å². The van der Waals surface area contributed by atoms with Gasteiger partial charge >= 0.3 is 6.18 Å². The van der Waals surface area contributed by atoms with Crippen LogP contribution in [0.2, 0.25) is 0 Å². The number of halogens is 3. The summed E-state index contributed by atoms with van der Waals surface area (Å²) < 4.78 is 53.9. The minimum atomic E-state index is -4.59. The first-order chi connectivity index (χ1) is 15.2. The molecule has 1 aliphatic carbocycles. The van der Waals surface area contributed by atoms with Gasteiger partial charge in [-0.1, -0.05) is 0 Å². The van der Waals surface area contributed by atoms with E-state index < -0.39 is 11.9 Å². The van der Waals surface area contributed by atoms with Crippen LogP contribution >= 0.6 is 0 Å². The largest absolute Gasteiger partial charge is 0.493 e. The summed E-state index contributed by atoms with van der Waals surface area (Å²) >= 11 is 0. The standard InChI is InChI=1S/C23H24F3N3O3/c1-14(27-15(2)30)12-31-18-7-5-17(6-8-18)29-22(23(24,25)26)20-10-9-19(11-21(20)28-29)32-13-16-3-4-16/h5-11,14,16H,3-4,12-13H2,1-2H3,(H,27,30)/t14-/m0/s1. The van der Waals surface area contributed by atoms with Gasteiger partial charge in [0.25, 0.3) is 0 Å². The quantitative estimate of drug-likeness (QED) is 0.542. The van der Waals surface area contributed by atoms with Gasteiger partial charge in [0, 0.05) is 18.4 Å². The van der Waals surface area contributed by atoms with Crippen LogP contribution in [0.1, 0.15) is 32.4 Å². The van der Waals surface area contributed by atoms with E-state index in [-0.39, 0.29) is 35.1 Å². The molecule has 0 bridgehead atoms. The lowest BCUT2D eigenvalue weighted by atomic mass is 10.2. The first kappa shape index (κ1) is 22.0. The molecule has 1 fully saturated rings. The maximum Gasteiger partial charge on any atom is 0.434 e. The van der Waals surface area contributed by atoms with Crippen molar-refractivity contribution in [3.05, 3.63) is 48.2 Å². The summed E-state index contributed by atoms with van der Waals surface area (Å²) in [6.45, 7) is 4.02.